The highest BCUT2D eigenvalue weighted by Gasteiger charge is 2.34. The summed E-state index contributed by atoms with van der Waals surface area (Å²) in [6.45, 7) is 7.10. The molecule has 23 heavy (non-hydrogen) atoms. The van der Waals surface area contributed by atoms with Crippen LogP contribution in [0.25, 0.3) is 0 Å². The number of fused-ring (bicyclic) bond motifs is 2. The minimum Gasteiger partial charge on any atom is -0.310 e. The van der Waals surface area contributed by atoms with Crippen LogP contribution >= 0.6 is 0 Å². The molecule has 0 saturated heterocycles. The molecule has 0 bridgehead atoms. The molecule has 4 rings (SSSR count). The Hall–Kier alpha value is -2.23. The van der Waals surface area contributed by atoms with E-state index in [1.54, 1.807) is 0 Å². The van der Waals surface area contributed by atoms with Crippen molar-refractivity contribution in [2.45, 2.75) is 40.0 Å². The summed E-state index contributed by atoms with van der Waals surface area (Å²) in [5, 5.41) is 0. The molecule has 0 amide bonds. The van der Waals surface area contributed by atoms with Gasteiger partial charge in [-0.1, -0.05) is 32.0 Å². The normalized spacial score (nSPS) is 18.7. The lowest BCUT2D eigenvalue weighted by molar-refractivity contribution is 0.0909. The van der Waals surface area contributed by atoms with Crippen LogP contribution in [0.4, 0.5) is 11.6 Å². The third-order valence-electron chi connectivity index (χ3n) is 4.85. The number of carbonyl (C=O) groups is 1. The Kier molecular flexibility index (Phi) is 3.05. The fourth-order valence-electron chi connectivity index (χ4n) is 3.81. The molecular formula is C19H21N3O. The second kappa shape index (κ2) is 4.88. The van der Waals surface area contributed by atoms with E-state index >= 15 is 0 Å². The zero-order valence-electron chi connectivity index (χ0n) is 13.9. The van der Waals surface area contributed by atoms with Gasteiger partial charge in [0.1, 0.15) is 0 Å². The number of benzene rings is 1. The number of carbonyl (C=O) groups excluding carboxylic acids is 1. The summed E-state index contributed by atoms with van der Waals surface area (Å²) in [7, 11) is 0. The van der Waals surface area contributed by atoms with Crippen LogP contribution in [0.5, 0.6) is 0 Å². The maximum Gasteiger partial charge on any atom is 0.230 e. The van der Waals surface area contributed by atoms with Crippen LogP contribution in [-0.2, 0) is 12.8 Å². The van der Waals surface area contributed by atoms with Crippen molar-refractivity contribution in [3.63, 3.8) is 0 Å². The zero-order chi connectivity index (χ0) is 16.2. The molecule has 0 fully saturated rings. The Morgan fingerprint density at radius 3 is 2.74 bits per heavy atom. The number of aryl methyl sites for hydroxylation is 1. The SMILES string of the molecule is Cc1nc(N2CCc3ccccc32)nc2c1C(=O)CC(C)(C)C2. The number of para-hydroxylation sites is 1. The van der Waals surface area contributed by atoms with Crippen LogP contribution in [0.1, 0.15) is 47.6 Å². The van der Waals surface area contributed by atoms with Gasteiger partial charge in [0.25, 0.3) is 0 Å². The van der Waals surface area contributed by atoms with Gasteiger partial charge >= 0.3 is 0 Å². The highest BCUT2D eigenvalue weighted by molar-refractivity contribution is 5.99. The molecular weight excluding hydrogens is 286 g/mol. The first-order valence-electron chi connectivity index (χ1n) is 8.21. The van der Waals surface area contributed by atoms with E-state index in [0.717, 1.165) is 42.3 Å². The van der Waals surface area contributed by atoms with Gasteiger partial charge in [-0.15, -0.1) is 0 Å². The largest absolute Gasteiger partial charge is 0.310 e. The summed E-state index contributed by atoms with van der Waals surface area (Å²) in [5.74, 6) is 0.916. The van der Waals surface area contributed by atoms with E-state index in [0.29, 0.717) is 6.42 Å². The number of rotatable bonds is 1. The minimum absolute atomic E-state index is 0.0228. The van der Waals surface area contributed by atoms with Gasteiger partial charge in [-0.3, -0.25) is 4.79 Å². The maximum atomic E-state index is 12.5. The van der Waals surface area contributed by atoms with Gasteiger partial charge in [-0.05, 0) is 36.8 Å². The van der Waals surface area contributed by atoms with Gasteiger partial charge in [0.15, 0.2) is 5.78 Å². The van der Waals surface area contributed by atoms with Gasteiger partial charge in [0.05, 0.1) is 17.0 Å². The monoisotopic (exact) mass is 307 g/mol. The molecule has 0 spiro atoms. The molecule has 2 aromatic rings. The topological polar surface area (TPSA) is 46.1 Å². The number of ketones is 1. The summed E-state index contributed by atoms with van der Waals surface area (Å²) in [6.07, 6.45) is 2.43. The number of hydrogen-bond acceptors (Lipinski definition) is 4. The highest BCUT2D eigenvalue weighted by atomic mass is 16.1. The molecule has 0 N–H and O–H groups in total. The van der Waals surface area contributed by atoms with Crippen LogP contribution in [0.15, 0.2) is 24.3 Å². The molecule has 4 nitrogen and oxygen atoms in total. The molecule has 1 aromatic carbocycles. The quantitative estimate of drug-likeness (QED) is 0.807. The minimum atomic E-state index is -0.0228. The number of nitrogens with zero attached hydrogens (tertiary/aromatic N) is 3. The van der Waals surface area contributed by atoms with Crippen molar-refractivity contribution >= 4 is 17.4 Å². The van der Waals surface area contributed by atoms with E-state index in [9.17, 15) is 4.79 Å². The Labute approximate surface area is 136 Å². The van der Waals surface area contributed by atoms with Crippen LogP contribution in [0, 0.1) is 12.3 Å². The second-order valence-electron chi connectivity index (χ2n) is 7.40. The average molecular weight is 307 g/mol. The smallest absolute Gasteiger partial charge is 0.230 e. The maximum absolute atomic E-state index is 12.5. The molecule has 1 aliphatic heterocycles. The molecule has 1 aliphatic carbocycles. The zero-order valence-corrected chi connectivity index (χ0v) is 13.9. The van der Waals surface area contributed by atoms with E-state index in [1.165, 1.54) is 11.3 Å². The van der Waals surface area contributed by atoms with Gasteiger partial charge in [0.2, 0.25) is 5.95 Å². The molecule has 0 unspecified atom stereocenters. The first kappa shape index (κ1) is 14.4. The predicted molar refractivity (Wildman–Crippen MR) is 90.4 cm³/mol. The molecule has 4 heteroatoms. The highest BCUT2D eigenvalue weighted by Crippen LogP contribution is 2.37. The predicted octanol–water partition coefficient (Wildman–Crippen LogP) is 3.63. The third-order valence-corrected chi connectivity index (χ3v) is 4.85. The standard InChI is InChI=1S/C19H21N3O/c1-12-17-14(10-19(2,3)11-16(17)23)21-18(20-12)22-9-8-13-6-4-5-7-15(13)22/h4-7H,8-11H2,1-3H3. The fourth-order valence-corrected chi connectivity index (χ4v) is 3.81. The van der Waals surface area contributed by atoms with E-state index in [1.807, 2.05) is 6.92 Å². The average Bonchev–Trinajstić information content (AvgIpc) is 2.88. The third kappa shape index (κ3) is 2.33. The molecule has 2 heterocycles. The molecule has 0 saturated carbocycles. The van der Waals surface area contributed by atoms with Gasteiger partial charge < -0.3 is 4.90 Å². The van der Waals surface area contributed by atoms with Crippen molar-refractivity contribution < 1.29 is 4.79 Å². The van der Waals surface area contributed by atoms with Crippen molar-refractivity contribution in [3.8, 4) is 0 Å². The van der Waals surface area contributed by atoms with Crippen molar-refractivity contribution in [1.82, 2.24) is 9.97 Å². The molecule has 0 radical (unpaired) electrons. The Bertz CT molecular complexity index is 810. The number of aromatic nitrogens is 2. The Morgan fingerprint density at radius 2 is 1.91 bits per heavy atom. The summed E-state index contributed by atoms with van der Waals surface area (Å²) in [5.41, 5.74) is 4.98. The van der Waals surface area contributed by atoms with Crippen LogP contribution < -0.4 is 4.90 Å². The first-order chi connectivity index (χ1) is 10.9. The molecule has 118 valence electrons. The lowest BCUT2D eigenvalue weighted by Crippen LogP contribution is -2.30. The van der Waals surface area contributed by atoms with E-state index in [2.05, 4.69) is 48.0 Å². The summed E-state index contributed by atoms with van der Waals surface area (Å²) < 4.78 is 0. The summed E-state index contributed by atoms with van der Waals surface area (Å²) >= 11 is 0. The lowest BCUT2D eigenvalue weighted by Gasteiger charge is -2.31. The lowest BCUT2D eigenvalue weighted by atomic mass is 9.75. The van der Waals surface area contributed by atoms with Crippen LogP contribution in [0.3, 0.4) is 0 Å². The Balaban J connectivity index is 1.81. The van der Waals surface area contributed by atoms with Crippen LogP contribution in [-0.4, -0.2) is 22.3 Å². The van der Waals surface area contributed by atoms with E-state index in [4.69, 9.17) is 4.98 Å². The van der Waals surface area contributed by atoms with E-state index in [-0.39, 0.29) is 11.2 Å². The molecule has 1 aromatic heterocycles. The second-order valence-corrected chi connectivity index (χ2v) is 7.40. The van der Waals surface area contributed by atoms with Crippen LogP contribution in [0.2, 0.25) is 0 Å². The number of hydrogen-bond donors (Lipinski definition) is 0. The number of anilines is 2. The van der Waals surface area contributed by atoms with Gasteiger partial charge in [0, 0.05) is 18.7 Å². The molecule has 2 aliphatic rings. The van der Waals surface area contributed by atoms with Crippen molar-refractivity contribution in [2.24, 2.45) is 5.41 Å². The summed E-state index contributed by atoms with van der Waals surface area (Å²) in [4.78, 5) is 24.1. The van der Waals surface area contributed by atoms with Crippen molar-refractivity contribution in [3.05, 3.63) is 46.8 Å². The number of Topliss-reactive ketones (excluding diaryl/α,β-unsaturated/α-hetero) is 1. The van der Waals surface area contributed by atoms with Crippen molar-refractivity contribution in [2.75, 3.05) is 11.4 Å². The summed E-state index contributed by atoms with van der Waals surface area (Å²) in [6, 6.07) is 8.40. The van der Waals surface area contributed by atoms with Crippen molar-refractivity contribution in [1.29, 1.82) is 0 Å². The van der Waals surface area contributed by atoms with Gasteiger partial charge in [-0.2, -0.15) is 0 Å². The van der Waals surface area contributed by atoms with Gasteiger partial charge in [-0.25, -0.2) is 9.97 Å². The fraction of sp³-hybridized carbons (Fsp3) is 0.421. The van der Waals surface area contributed by atoms with E-state index < -0.39 is 0 Å². The first-order valence-corrected chi connectivity index (χ1v) is 8.21. The molecule has 0 atom stereocenters. The Morgan fingerprint density at radius 1 is 1.13 bits per heavy atom.